The number of aromatic nitrogens is 1. The number of halogens is 1. The summed E-state index contributed by atoms with van der Waals surface area (Å²) >= 11 is 6.12. The molecule has 0 radical (unpaired) electrons. The molecule has 2 aliphatic rings. The van der Waals surface area contributed by atoms with Gasteiger partial charge in [-0.1, -0.05) is 44.2 Å². The van der Waals surface area contributed by atoms with Gasteiger partial charge < -0.3 is 19.5 Å². The summed E-state index contributed by atoms with van der Waals surface area (Å²) < 4.78 is 5.49. The molecule has 0 saturated carbocycles. The molecule has 5 nitrogen and oxygen atoms in total. The van der Waals surface area contributed by atoms with Crippen LogP contribution in [0.25, 0.3) is 10.9 Å². The van der Waals surface area contributed by atoms with Gasteiger partial charge in [0, 0.05) is 41.4 Å². The predicted octanol–water partition coefficient (Wildman–Crippen LogP) is 4.74. The van der Waals surface area contributed by atoms with Gasteiger partial charge in [-0.2, -0.15) is 0 Å². The first-order chi connectivity index (χ1) is 15.6. The molecule has 2 atom stereocenters. The summed E-state index contributed by atoms with van der Waals surface area (Å²) in [5.41, 5.74) is 5.86. The van der Waals surface area contributed by atoms with Crippen LogP contribution in [-0.4, -0.2) is 54.0 Å². The number of rotatable bonds is 4. The molecule has 1 aromatic heterocycles. The maximum atomic E-state index is 13.2. The van der Waals surface area contributed by atoms with Crippen molar-refractivity contribution >= 4 is 34.1 Å². The number of carbonyl (C=O) groups excluding carboxylic acids is 1. The lowest BCUT2D eigenvalue weighted by molar-refractivity contribution is -0.134. The van der Waals surface area contributed by atoms with Crippen LogP contribution in [0.15, 0.2) is 48.5 Å². The van der Waals surface area contributed by atoms with Crippen molar-refractivity contribution in [2.24, 2.45) is 5.92 Å². The highest BCUT2D eigenvalue weighted by atomic mass is 35.5. The molecule has 0 aliphatic carbocycles. The topological polar surface area (TPSA) is 48.6 Å². The predicted molar refractivity (Wildman–Crippen MR) is 130 cm³/mol. The molecule has 3 heterocycles. The van der Waals surface area contributed by atoms with Gasteiger partial charge in [-0.25, -0.2) is 0 Å². The van der Waals surface area contributed by atoms with Gasteiger partial charge in [0.25, 0.3) is 0 Å². The lowest BCUT2D eigenvalue weighted by Crippen LogP contribution is -2.50. The Morgan fingerprint density at radius 1 is 1.12 bits per heavy atom. The number of nitrogens with zero attached hydrogens (tertiary/aromatic N) is 2. The van der Waals surface area contributed by atoms with E-state index < -0.39 is 0 Å². The van der Waals surface area contributed by atoms with Gasteiger partial charge in [0.2, 0.25) is 5.91 Å². The second kappa shape index (κ2) is 8.80. The second-order valence-electron chi connectivity index (χ2n) is 9.11. The number of fused-ring (bicyclic) bond motifs is 3. The van der Waals surface area contributed by atoms with Crippen molar-refractivity contribution in [3.8, 4) is 0 Å². The first-order valence-electron chi connectivity index (χ1n) is 11.5. The quantitative estimate of drug-likeness (QED) is 0.583. The number of amides is 1. The number of hydrogen-bond donors (Lipinski definition) is 1. The Balaban J connectivity index is 1.62. The molecule has 0 bridgehead atoms. The Kier molecular flexibility index (Phi) is 5.87. The summed E-state index contributed by atoms with van der Waals surface area (Å²) in [6.45, 7) is 7.71. The maximum Gasteiger partial charge on any atom is 0.238 e. The van der Waals surface area contributed by atoms with Crippen molar-refractivity contribution in [1.29, 1.82) is 0 Å². The van der Waals surface area contributed by atoms with E-state index in [1.165, 1.54) is 16.6 Å². The minimum absolute atomic E-state index is 0.0128. The highest BCUT2D eigenvalue weighted by molar-refractivity contribution is 6.27. The SMILES string of the molecule is CC(C)[C@H]1Cc2c([nH]c3ccccc23)[C@H](c2ccc(N3CCOCC3)cc2)N1C(=O)CCl. The Labute approximate surface area is 194 Å². The first kappa shape index (κ1) is 21.4. The van der Waals surface area contributed by atoms with Crippen LogP contribution >= 0.6 is 11.6 Å². The first-order valence-corrected chi connectivity index (χ1v) is 12.0. The number of nitrogens with one attached hydrogen (secondary N) is 1. The summed E-state index contributed by atoms with van der Waals surface area (Å²) in [5, 5.41) is 1.25. The van der Waals surface area contributed by atoms with Gasteiger partial charge in [0.1, 0.15) is 5.88 Å². The molecule has 1 N–H and O–H groups in total. The van der Waals surface area contributed by atoms with Crippen molar-refractivity contribution in [2.75, 3.05) is 37.1 Å². The third-order valence-corrected chi connectivity index (χ3v) is 7.15. The zero-order valence-electron chi connectivity index (χ0n) is 18.7. The molecule has 168 valence electrons. The lowest BCUT2D eigenvalue weighted by atomic mass is 9.83. The summed E-state index contributed by atoms with van der Waals surface area (Å²) in [7, 11) is 0. The minimum Gasteiger partial charge on any atom is -0.378 e. The fourth-order valence-electron chi connectivity index (χ4n) is 5.28. The van der Waals surface area contributed by atoms with Gasteiger partial charge in [0.05, 0.1) is 19.3 Å². The van der Waals surface area contributed by atoms with E-state index >= 15 is 0 Å². The third kappa shape index (κ3) is 3.67. The third-order valence-electron chi connectivity index (χ3n) is 6.93. The molecule has 1 fully saturated rings. The number of carbonyl (C=O) groups is 1. The van der Waals surface area contributed by atoms with Crippen molar-refractivity contribution in [3.05, 3.63) is 65.4 Å². The van der Waals surface area contributed by atoms with Crippen molar-refractivity contribution < 1.29 is 9.53 Å². The van der Waals surface area contributed by atoms with E-state index in [1.807, 2.05) is 4.90 Å². The van der Waals surface area contributed by atoms with Crippen LogP contribution in [0.4, 0.5) is 5.69 Å². The molecule has 32 heavy (non-hydrogen) atoms. The van der Waals surface area contributed by atoms with E-state index in [-0.39, 0.29) is 23.9 Å². The van der Waals surface area contributed by atoms with E-state index in [0.29, 0.717) is 5.92 Å². The van der Waals surface area contributed by atoms with Crippen molar-refractivity contribution in [3.63, 3.8) is 0 Å². The largest absolute Gasteiger partial charge is 0.378 e. The van der Waals surface area contributed by atoms with Gasteiger partial charge in [-0.3, -0.25) is 4.79 Å². The summed E-state index contributed by atoms with van der Waals surface area (Å²) in [6, 6.07) is 17.0. The molecule has 1 amide bonds. The molecule has 0 spiro atoms. The van der Waals surface area contributed by atoms with E-state index in [0.717, 1.165) is 49.5 Å². The minimum atomic E-state index is -0.177. The Hall–Kier alpha value is -2.50. The maximum absolute atomic E-state index is 13.2. The number of H-pyrrole nitrogens is 1. The van der Waals surface area contributed by atoms with Gasteiger partial charge in [-0.15, -0.1) is 11.6 Å². The van der Waals surface area contributed by atoms with E-state index in [2.05, 4.69) is 72.3 Å². The second-order valence-corrected chi connectivity index (χ2v) is 9.37. The molecule has 2 aliphatic heterocycles. The molecule has 1 saturated heterocycles. The van der Waals surface area contributed by atoms with Crippen molar-refractivity contribution in [1.82, 2.24) is 9.88 Å². The lowest BCUT2D eigenvalue weighted by Gasteiger charge is -2.44. The van der Waals surface area contributed by atoms with Gasteiger partial charge in [0.15, 0.2) is 0 Å². The van der Waals surface area contributed by atoms with E-state index in [4.69, 9.17) is 16.3 Å². The van der Waals surface area contributed by atoms with Crippen LogP contribution in [-0.2, 0) is 16.0 Å². The smallest absolute Gasteiger partial charge is 0.238 e. The molecule has 5 rings (SSSR count). The number of hydrogen-bond acceptors (Lipinski definition) is 3. The van der Waals surface area contributed by atoms with Crippen molar-refractivity contribution in [2.45, 2.75) is 32.4 Å². The fourth-order valence-corrected chi connectivity index (χ4v) is 5.42. The normalized spacial score (nSPS) is 21.2. The number of morpholine rings is 1. The molecular formula is C26H30ClN3O2. The van der Waals surface area contributed by atoms with Gasteiger partial charge in [-0.05, 0) is 41.7 Å². The molecule has 6 heteroatoms. The monoisotopic (exact) mass is 451 g/mol. The number of alkyl halides is 1. The van der Waals surface area contributed by atoms with Crippen LogP contribution < -0.4 is 4.90 Å². The molecule has 0 unspecified atom stereocenters. The summed E-state index contributed by atoms with van der Waals surface area (Å²) in [5.74, 6) is 0.289. The summed E-state index contributed by atoms with van der Waals surface area (Å²) in [6.07, 6.45) is 0.835. The van der Waals surface area contributed by atoms with Crippen LogP contribution in [0.5, 0.6) is 0 Å². The Morgan fingerprint density at radius 3 is 2.53 bits per heavy atom. The highest BCUT2D eigenvalue weighted by Gasteiger charge is 2.41. The van der Waals surface area contributed by atoms with Crippen LogP contribution in [0.3, 0.4) is 0 Å². The summed E-state index contributed by atoms with van der Waals surface area (Å²) in [4.78, 5) is 21.2. The fraction of sp³-hybridized carbons (Fsp3) is 0.423. The van der Waals surface area contributed by atoms with Crippen LogP contribution in [0.2, 0.25) is 0 Å². The molecule has 3 aromatic rings. The zero-order chi connectivity index (χ0) is 22.2. The molecule has 2 aromatic carbocycles. The average Bonchev–Trinajstić information content (AvgIpc) is 3.21. The Morgan fingerprint density at radius 2 is 1.84 bits per heavy atom. The highest BCUT2D eigenvalue weighted by Crippen LogP contribution is 2.43. The number of para-hydroxylation sites is 1. The van der Waals surface area contributed by atoms with Crippen LogP contribution in [0, 0.1) is 5.92 Å². The number of benzene rings is 2. The number of ether oxygens (including phenoxy) is 1. The van der Waals surface area contributed by atoms with E-state index in [9.17, 15) is 4.79 Å². The molecular weight excluding hydrogens is 422 g/mol. The number of anilines is 1. The van der Waals surface area contributed by atoms with Crippen LogP contribution in [0.1, 0.15) is 36.7 Å². The zero-order valence-corrected chi connectivity index (χ0v) is 19.4. The van der Waals surface area contributed by atoms with E-state index in [1.54, 1.807) is 0 Å². The number of aromatic amines is 1. The van der Waals surface area contributed by atoms with Gasteiger partial charge >= 0.3 is 0 Å². The average molecular weight is 452 g/mol. The Bertz CT molecular complexity index is 1100. The standard InChI is InChI=1S/C26H30ClN3O2/c1-17(2)23-15-21-20-5-3-4-6-22(20)28-25(21)26(30(23)24(31)16-27)18-7-9-19(10-8-18)29-11-13-32-14-12-29/h3-10,17,23,26,28H,11-16H2,1-2H3/t23-,26+/m1/s1.